The zero-order chi connectivity index (χ0) is 17.0. The molecule has 0 saturated carbocycles. The van der Waals surface area contributed by atoms with Gasteiger partial charge in [-0.15, -0.1) is 0 Å². The second-order valence-corrected chi connectivity index (χ2v) is 5.86. The summed E-state index contributed by atoms with van der Waals surface area (Å²) < 4.78 is 38.5. The second kappa shape index (κ2) is 7.31. The molecule has 1 aromatic rings. The molecule has 2 rings (SSSR count). The third-order valence-electron chi connectivity index (χ3n) is 3.98. The van der Waals surface area contributed by atoms with Crippen LogP contribution in [0.5, 0.6) is 0 Å². The van der Waals surface area contributed by atoms with Gasteiger partial charge in [0.05, 0.1) is 11.7 Å². The van der Waals surface area contributed by atoms with Crippen molar-refractivity contribution in [1.29, 1.82) is 0 Å². The summed E-state index contributed by atoms with van der Waals surface area (Å²) in [4.78, 5) is 12.8. The molecular weight excluding hydrogens is 309 g/mol. The van der Waals surface area contributed by atoms with Crippen molar-refractivity contribution in [3.8, 4) is 0 Å². The molecule has 7 heteroatoms. The third-order valence-corrected chi connectivity index (χ3v) is 3.98. The van der Waals surface area contributed by atoms with E-state index in [-0.39, 0.29) is 11.9 Å². The Balaban J connectivity index is 2.05. The Hall–Kier alpha value is -1.60. The van der Waals surface area contributed by atoms with E-state index in [1.165, 1.54) is 13.0 Å². The minimum Gasteiger partial charge on any atom is -0.392 e. The van der Waals surface area contributed by atoms with Gasteiger partial charge in [-0.3, -0.25) is 9.69 Å². The normalized spacial score (nSPS) is 22.3. The molecule has 1 amide bonds. The van der Waals surface area contributed by atoms with Crippen LogP contribution in [-0.4, -0.2) is 41.7 Å². The van der Waals surface area contributed by atoms with Crippen LogP contribution in [0.4, 0.5) is 13.2 Å². The number of β-amino-alcohol motifs (C(OH)–C–C–N with tert-alkyl or cyclic N) is 1. The Morgan fingerprint density at radius 2 is 2.17 bits per heavy atom. The number of nitrogens with one attached hydrogen (secondary N) is 1. The van der Waals surface area contributed by atoms with Crippen LogP contribution in [0, 0.1) is 0 Å². The number of alkyl halides is 3. The number of hydrogen-bond acceptors (Lipinski definition) is 3. The van der Waals surface area contributed by atoms with Crippen molar-refractivity contribution in [2.75, 3.05) is 19.6 Å². The smallest absolute Gasteiger partial charge is 0.392 e. The number of rotatable bonds is 5. The molecule has 1 saturated heterocycles. The first-order chi connectivity index (χ1) is 10.8. The van der Waals surface area contributed by atoms with Gasteiger partial charge in [-0.2, -0.15) is 13.2 Å². The number of halogens is 3. The number of likely N-dealkylation sites (tertiary alicyclic amines) is 1. The standard InChI is InChI=1S/C16H21F3N2O2/c1-11(22)20-6-3-7-21-10-14(23)9-15(21)12-4-2-5-13(8-12)16(17,18)19/h2,4-5,8,14-15,23H,3,6-7,9-10H2,1H3,(H,20,22). The van der Waals surface area contributed by atoms with Crippen LogP contribution in [-0.2, 0) is 11.0 Å². The lowest BCUT2D eigenvalue weighted by Crippen LogP contribution is -2.29. The molecule has 23 heavy (non-hydrogen) atoms. The van der Waals surface area contributed by atoms with Gasteiger partial charge < -0.3 is 10.4 Å². The predicted octanol–water partition coefficient (Wildman–Crippen LogP) is 2.34. The van der Waals surface area contributed by atoms with Crippen molar-refractivity contribution in [1.82, 2.24) is 10.2 Å². The van der Waals surface area contributed by atoms with E-state index >= 15 is 0 Å². The highest BCUT2D eigenvalue weighted by molar-refractivity contribution is 5.72. The Kier molecular flexibility index (Phi) is 5.64. The van der Waals surface area contributed by atoms with Crippen LogP contribution < -0.4 is 5.32 Å². The summed E-state index contributed by atoms with van der Waals surface area (Å²) in [6.45, 7) is 2.99. The number of amides is 1. The zero-order valence-corrected chi connectivity index (χ0v) is 12.9. The highest BCUT2D eigenvalue weighted by atomic mass is 19.4. The number of carbonyl (C=O) groups excluding carboxylic acids is 1. The highest BCUT2D eigenvalue weighted by Crippen LogP contribution is 2.36. The van der Waals surface area contributed by atoms with E-state index in [4.69, 9.17) is 0 Å². The van der Waals surface area contributed by atoms with Gasteiger partial charge in [0.15, 0.2) is 0 Å². The van der Waals surface area contributed by atoms with E-state index in [0.717, 1.165) is 12.1 Å². The van der Waals surface area contributed by atoms with Crippen LogP contribution >= 0.6 is 0 Å². The first-order valence-electron chi connectivity index (χ1n) is 7.61. The molecule has 0 aliphatic carbocycles. The molecular formula is C16H21F3N2O2. The summed E-state index contributed by atoms with van der Waals surface area (Å²) in [6.07, 6.45) is -3.82. The van der Waals surface area contributed by atoms with Crippen molar-refractivity contribution in [2.45, 2.75) is 38.1 Å². The van der Waals surface area contributed by atoms with Crippen LogP contribution in [0.15, 0.2) is 24.3 Å². The van der Waals surface area contributed by atoms with Crippen LogP contribution in [0.1, 0.15) is 36.9 Å². The van der Waals surface area contributed by atoms with Gasteiger partial charge >= 0.3 is 6.18 Å². The zero-order valence-electron chi connectivity index (χ0n) is 12.9. The summed E-state index contributed by atoms with van der Waals surface area (Å²) in [5, 5.41) is 12.6. The molecule has 1 aliphatic heterocycles. The number of aliphatic hydroxyl groups is 1. The van der Waals surface area contributed by atoms with E-state index in [1.54, 1.807) is 6.07 Å². The average Bonchev–Trinajstić information content (AvgIpc) is 2.84. The minimum atomic E-state index is -4.37. The van der Waals surface area contributed by atoms with Crippen molar-refractivity contribution in [2.24, 2.45) is 0 Å². The quantitative estimate of drug-likeness (QED) is 0.815. The van der Waals surface area contributed by atoms with Crippen molar-refractivity contribution in [3.05, 3.63) is 35.4 Å². The lowest BCUT2D eigenvalue weighted by Gasteiger charge is -2.25. The van der Waals surface area contributed by atoms with Crippen molar-refractivity contribution in [3.63, 3.8) is 0 Å². The van der Waals surface area contributed by atoms with Crippen LogP contribution in [0.25, 0.3) is 0 Å². The summed E-state index contributed by atoms with van der Waals surface area (Å²) in [5.74, 6) is -0.110. The monoisotopic (exact) mass is 330 g/mol. The van der Waals surface area contributed by atoms with E-state index in [9.17, 15) is 23.1 Å². The average molecular weight is 330 g/mol. The fourth-order valence-corrected chi connectivity index (χ4v) is 2.94. The molecule has 2 atom stereocenters. The maximum absolute atomic E-state index is 12.8. The molecule has 0 aromatic heterocycles. The summed E-state index contributed by atoms with van der Waals surface area (Å²) in [6, 6.07) is 5.04. The summed E-state index contributed by atoms with van der Waals surface area (Å²) in [5.41, 5.74) is -0.106. The summed E-state index contributed by atoms with van der Waals surface area (Å²) >= 11 is 0. The topological polar surface area (TPSA) is 52.6 Å². The number of aliphatic hydroxyl groups excluding tert-OH is 1. The molecule has 2 N–H and O–H groups in total. The maximum atomic E-state index is 12.8. The lowest BCUT2D eigenvalue weighted by molar-refractivity contribution is -0.137. The molecule has 1 heterocycles. The van der Waals surface area contributed by atoms with Crippen molar-refractivity contribution >= 4 is 5.91 Å². The number of nitrogens with zero attached hydrogens (tertiary/aromatic N) is 1. The fraction of sp³-hybridized carbons (Fsp3) is 0.562. The Bertz CT molecular complexity index is 548. The number of carbonyl (C=O) groups is 1. The molecule has 1 fully saturated rings. The van der Waals surface area contributed by atoms with Gasteiger partial charge in [0, 0.05) is 32.6 Å². The van der Waals surface area contributed by atoms with Crippen LogP contribution in [0.2, 0.25) is 0 Å². The maximum Gasteiger partial charge on any atom is 0.416 e. The molecule has 2 unspecified atom stereocenters. The van der Waals surface area contributed by atoms with Gasteiger partial charge in [0.25, 0.3) is 0 Å². The Labute approximate surface area is 133 Å². The van der Waals surface area contributed by atoms with Gasteiger partial charge in [-0.05, 0) is 30.5 Å². The first-order valence-corrected chi connectivity index (χ1v) is 7.61. The van der Waals surface area contributed by atoms with Crippen molar-refractivity contribution < 1.29 is 23.1 Å². The Morgan fingerprint density at radius 3 is 2.83 bits per heavy atom. The van der Waals surface area contributed by atoms with E-state index < -0.39 is 17.8 Å². The van der Waals surface area contributed by atoms with Gasteiger partial charge in [-0.25, -0.2) is 0 Å². The van der Waals surface area contributed by atoms with E-state index in [1.807, 2.05) is 4.90 Å². The van der Waals surface area contributed by atoms with E-state index in [0.29, 0.717) is 38.0 Å². The van der Waals surface area contributed by atoms with E-state index in [2.05, 4.69) is 5.32 Å². The lowest BCUT2D eigenvalue weighted by atomic mass is 10.0. The predicted molar refractivity (Wildman–Crippen MR) is 79.7 cm³/mol. The third kappa shape index (κ3) is 4.94. The molecule has 1 aliphatic rings. The molecule has 0 spiro atoms. The van der Waals surface area contributed by atoms with Gasteiger partial charge in [-0.1, -0.05) is 12.1 Å². The second-order valence-electron chi connectivity index (χ2n) is 5.86. The largest absolute Gasteiger partial charge is 0.416 e. The molecule has 128 valence electrons. The number of benzene rings is 1. The number of hydrogen-bond donors (Lipinski definition) is 2. The molecule has 0 bridgehead atoms. The first kappa shape index (κ1) is 17.7. The molecule has 1 aromatic carbocycles. The van der Waals surface area contributed by atoms with Gasteiger partial charge in [0.2, 0.25) is 5.91 Å². The Morgan fingerprint density at radius 1 is 1.43 bits per heavy atom. The molecule has 4 nitrogen and oxygen atoms in total. The highest BCUT2D eigenvalue weighted by Gasteiger charge is 2.34. The SMILES string of the molecule is CC(=O)NCCCN1CC(O)CC1c1cccc(C(F)(F)F)c1. The fourth-order valence-electron chi connectivity index (χ4n) is 2.94. The van der Waals surface area contributed by atoms with Gasteiger partial charge in [0.1, 0.15) is 0 Å². The molecule has 0 radical (unpaired) electrons. The minimum absolute atomic E-state index is 0.110. The summed E-state index contributed by atoms with van der Waals surface area (Å²) in [7, 11) is 0. The van der Waals surface area contributed by atoms with Crippen LogP contribution in [0.3, 0.4) is 0 Å².